The van der Waals surface area contributed by atoms with E-state index in [1.807, 2.05) is 30.3 Å². The summed E-state index contributed by atoms with van der Waals surface area (Å²) in [5.74, 6) is -0.104. The van der Waals surface area contributed by atoms with E-state index in [-0.39, 0.29) is 16.9 Å². The Morgan fingerprint density at radius 3 is 2.11 bits per heavy atom. The Morgan fingerprint density at radius 2 is 1.53 bits per heavy atom. The van der Waals surface area contributed by atoms with Crippen molar-refractivity contribution in [3.8, 4) is 0 Å². The van der Waals surface area contributed by atoms with Crippen LogP contribution in [0.25, 0.3) is 0 Å². The highest BCUT2D eigenvalue weighted by molar-refractivity contribution is 7.98. The lowest BCUT2D eigenvalue weighted by Crippen LogP contribution is -2.15. The lowest BCUT2D eigenvalue weighted by molar-refractivity contribution is 0.0984. The van der Waals surface area contributed by atoms with Crippen molar-refractivity contribution in [2.75, 3.05) is 5.73 Å². The Bertz CT molecular complexity index is 503. The summed E-state index contributed by atoms with van der Waals surface area (Å²) < 4.78 is 2.77. The van der Waals surface area contributed by atoms with Crippen LogP contribution < -0.4 is 10.5 Å². The predicted octanol–water partition coefficient (Wildman–Crippen LogP) is 1.06. The normalized spacial score (nSPS) is 8.84. The highest BCUT2D eigenvalue weighted by Crippen LogP contribution is 2.16. The number of hydrogen-bond acceptors (Lipinski definition) is 3. The molecule has 0 aliphatic rings. The van der Waals surface area contributed by atoms with Crippen LogP contribution in [0.4, 0.5) is 5.69 Å². The number of amides is 1. The van der Waals surface area contributed by atoms with Gasteiger partial charge in [-0.05, 0) is 48.3 Å². The van der Waals surface area contributed by atoms with Crippen LogP contribution in [0.15, 0.2) is 59.5 Å². The topological polar surface area (TPSA) is 118 Å². The van der Waals surface area contributed by atoms with Gasteiger partial charge >= 0.3 is 0 Å². The van der Waals surface area contributed by atoms with E-state index in [0.29, 0.717) is 11.3 Å². The number of nitrogens with two attached hydrogens (primary N) is 1. The summed E-state index contributed by atoms with van der Waals surface area (Å²) in [5, 5.41) is 0. The number of carbonyl (C=O) groups excluding carboxylic acids is 1. The minimum absolute atomic E-state index is 0. The fraction of sp³-hybridized carbons (Fsp3) is 0. The van der Waals surface area contributed by atoms with Gasteiger partial charge in [0.25, 0.3) is 5.91 Å². The Balaban J connectivity index is 0.00000162. The van der Waals surface area contributed by atoms with Crippen molar-refractivity contribution in [2.45, 2.75) is 4.90 Å². The molecule has 0 unspecified atom stereocenters. The summed E-state index contributed by atoms with van der Waals surface area (Å²) in [5.41, 5.74) is 6.94. The van der Waals surface area contributed by atoms with Crippen LogP contribution in [-0.2, 0) is 0 Å². The van der Waals surface area contributed by atoms with Crippen LogP contribution in [-0.4, -0.2) is 16.9 Å². The van der Waals surface area contributed by atoms with E-state index in [4.69, 9.17) is 5.73 Å². The number of nitrogen functional groups attached to an aromatic ring is 1. The molecule has 7 N–H and O–H groups in total. The van der Waals surface area contributed by atoms with Crippen molar-refractivity contribution < 1.29 is 15.7 Å². The smallest absolute Gasteiger partial charge is 0.261 e. The molecular formula is C13H16N2O3S. The van der Waals surface area contributed by atoms with Crippen molar-refractivity contribution in [1.82, 2.24) is 4.72 Å². The SMILES string of the molecule is Nc1ccc(SNC(=O)c2ccccc2)cc1.O.O. The molecule has 0 aromatic heterocycles. The predicted molar refractivity (Wildman–Crippen MR) is 77.8 cm³/mol. The molecule has 0 aliphatic carbocycles. The van der Waals surface area contributed by atoms with Crippen LogP contribution in [0.3, 0.4) is 0 Å². The van der Waals surface area contributed by atoms with Crippen molar-refractivity contribution in [2.24, 2.45) is 0 Å². The number of carbonyl (C=O) groups is 1. The van der Waals surface area contributed by atoms with Crippen LogP contribution in [0.5, 0.6) is 0 Å². The summed E-state index contributed by atoms with van der Waals surface area (Å²) in [6, 6.07) is 16.4. The molecule has 0 bridgehead atoms. The van der Waals surface area contributed by atoms with Gasteiger partial charge in [0.2, 0.25) is 0 Å². The first kappa shape index (κ1) is 17.0. The largest absolute Gasteiger partial charge is 0.412 e. The molecule has 5 nitrogen and oxygen atoms in total. The van der Waals surface area contributed by atoms with E-state index >= 15 is 0 Å². The molecule has 0 heterocycles. The fourth-order valence-electron chi connectivity index (χ4n) is 1.29. The zero-order valence-electron chi connectivity index (χ0n) is 10.1. The van der Waals surface area contributed by atoms with E-state index in [1.165, 1.54) is 11.9 Å². The molecule has 2 aromatic carbocycles. The second-order valence-electron chi connectivity index (χ2n) is 3.47. The first-order chi connectivity index (χ1) is 8.25. The quantitative estimate of drug-likeness (QED) is 0.646. The second kappa shape index (κ2) is 8.15. The molecule has 1 amide bonds. The van der Waals surface area contributed by atoms with Gasteiger partial charge < -0.3 is 16.7 Å². The highest BCUT2D eigenvalue weighted by atomic mass is 32.2. The second-order valence-corrected chi connectivity index (χ2v) is 4.35. The van der Waals surface area contributed by atoms with Gasteiger partial charge in [-0.3, -0.25) is 9.52 Å². The first-order valence-electron chi connectivity index (χ1n) is 5.13. The van der Waals surface area contributed by atoms with Crippen molar-refractivity contribution in [1.29, 1.82) is 0 Å². The maximum absolute atomic E-state index is 11.7. The molecule has 0 saturated carbocycles. The van der Waals surface area contributed by atoms with Crippen LogP contribution >= 0.6 is 11.9 Å². The lowest BCUT2D eigenvalue weighted by atomic mass is 10.2. The third-order valence-corrected chi connectivity index (χ3v) is 2.97. The Hall–Kier alpha value is -2.02. The minimum atomic E-state index is -0.104. The van der Waals surface area contributed by atoms with E-state index in [9.17, 15) is 4.79 Å². The molecule has 0 aliphatic heterocycles. The number of rotatable bonds is 3. The molecule has 0 radical (unpaired) electrons. The van der Waals surface area contributed by atoms with E-state index in [0.717, 1.165) is 4.90 Å². The van der Waals surface area contributed by atoms with Gasteiger partial charge in [0.15, 0.2) is 0 Å². The van der Waals surface area contributed by atoms with Crippen molar-refractivity contribution >= 4 is 23.5 Å². The molecule has 0 spiro atoms. The zero-order valence-corrected chi connectivity index (χ0v) is 10.9. The monoisotopic (exact) mass is 280 g/mol. The highest BCUT2D eigenvalue weighted by Gasteiger charge is 2.04. The fourth-order valence-corrected chi connectivity index (χ4v) is 1.89. The number of anilines is 1. The van der Waals surface area contributed by atoms with Gasteiger partial charge in [0, 0.05) is 16.1 Å². The summed E-state index contributed by atoms with van der Waals surface area (Å²) in [6.07, 6.45) is 0. The first-order valence-corrected chi connectivity index (χ1v) is 5.95. The maximum atomic E-state index is 11.7. The average molecular weight is 280 g/mol. The van der Waals surface area contributed by atoms with Crippen LogP contribution in [0, 0.1) is 0 Å². The van der Waals surface area contributed by atoms with Gasteiger partial charge in [-0.15, -0.1) is 0 Å². The molecule has 2 rings (SSSR count). The van der Waals surface area contributed by atoms with E-state index in [2.05, 4.69) is 4.72 Å². The van der Waals surface area contributed by atoms with Crippen LogP contribution in [0.1, 0.15) is 10.4 Å². The van der Waals surface area contributed by atoms with Gasteiger partial charge in [0.1, 0.15) is 0 Å². The van der Waals surface area contributed by atoms with Gasteiger partial charge in [-0.25, -0.2) is 0 Å². The number of benzene rings is 2. The summed E-state index contributed by atoms with van der Waals surface area (Å²) in [4.78, 5) is 12.7. The Morgan fingerprint density at radius 1 is 0.947 bits per heavy atom. The lowest BCUT2D eigenvalue weighted by Gasteiger charge is -2.04. The molecule has 0 fully saturated rings. The Kier molecular flexibility index (Phi) is 7.28. The molecule has 102 valence electrons. The number of nitrogens with one attached hydrogen (secondary N) is 1. The van der Waals surface area contributed by atoms with Crippen LogP contribution in [0.2, 0.25) is 0 Å². The summed E-state index contributed by atoms with van der Waals surface area (Å²) >= 11 is 1.28. The molecule has 0 atom stereocenters. The molecule has 19 heavy (non-hydrogen) atoms. The van der Waals surface area contributed by atoms with Gasteiger partial charge in [0.05, 0.1) is 0 Å². The Labute approximate surface area is 115 Å². The van der Waals surface area contributed by atoms with E-state index < -0.39 is 0 Å². The van der Waals surface area contributed by atoms with E-state index in [1.54, 1.807) is 24.3 Å². The number of hydrogen-bond donors (Lipinski definition) is 2. The summed E-state index contributed by atoms with van der Waals surface area (Å²) in [7, 11) is 0. The van der Waals surface area contributed by atoms with Gasteiger partial charge in [-0.1, -0.05) is 18.2 Å². The minimum Gasteiger partial charge on any atom is -0.412 e. The molecular weight excluding hydrogens is 264 g/mol. The van der Waals surface area contributed by atoms with Crippen molar-refractivity contribution in [3.63, 3.8) is 0 Å². The third kappa shape index (κ3) is 5.01. The third-order valence-electron chi connectivity index (χ3n) is 2.18. The maximum Gasteiger partial charge on any atom is 0.261 e. The van der Waals surface area contributed by atoms with Gasteiger partial charge in [-0.2, -0.15) is 0 Å². The molecule has 0 saturated heterocycles. The standard InChI is InChI=1S/C13H12N2OS.2H2O/c14-11-6-8-12(9-7-11)17-15-13(16)10-4-2-1-3-5-10;;/h1-9H,14H2,(H,15,16);2*1H2. The summed E-state index contributed by atoms with van der Waals surface area (Å²) in [6.45, 7) is 0. The zero-order chi connectivity index (χ0) is 12.1. The average Bonchev–Trinajstić information content (AvgIpc) is 2.39. The molecule has 6 heteroatoms. The molecule has 2 aromatic rings. The van der Waals surface area contributed by atoms with Crippen molar-refractivity contribution in [3.05, 3.63) is 60.2 Å².